The van der Waals surface area contributed by atoms with E-state index in [0.29, 0.717) is 17.9 Å². The Kier molecular flexibility index (Phi) is 5.06. The van der Waals surface area contributed by atoms with Crippen LogP contribution in [0.25, 0.3) is 0 Å². The monoisotopic (exact) mass is 305 g/mol. The molecule has 0 aliphatic carbocycles. The van der Waals surface area contributed by atoms with E-state index in [1.165, 1.54) is 6.92 Å². The Labute approximate surface area is 131 Å². The first-order valence-corrected chi connectivity index (χ1v) is 7.66. The zero-order chi connectivity index (χ0) is 16.3. The van der Waals surface area contributed by atoms with Crippen LogP contribution in [-0.2, 0) is 9.53 Å². The molecule has 2 rings (SSSR count). The van der Waals surface area contributed by atoms with Gasteiger partial charge in [0.1, 0.15) is 18.4 Å². The van der Waals surface area contributed by atoms with Crippen LogP contribution in [0.3, 0.4) is 0 Å². The van der Waals surface area contributed by atoms with Crippen LogP contribution in [0.5, 0.6) is 5.75 Å². The molecule has 0 spiro atoms. The van der Waals surface area contributed by atoms with Gasteiger partial charge in [-0.05, 0) is 45.4 Å². The van der Waals surface area contributed by atoms with Gasteiger partial charge in [-0.25, -0.2) is 0 Å². The lowest BCUT2D eigenvalue weighted by atomic mass is 10.1. The summed E-state index contributed by atoms with van der Waals surface area (Å²) in [7, 11) is 0. The quantitative estimate of drug-likeness (QED) is 0.618. The first-order valence-electron chi connectivity index (χ1n) is 7.66. The number of Topliss-reactive ketones (excluding diaryl/α,β-unsaturated/α-hetero) is 1. The van der Waals surface area contributed by atoms with Gasteiger partial charge in [-0.15, -0.1) is 0 Å². The number of carbonyl (C=O) groups excluding carboxylic acids is 2. The van der Waals surface area contributed by atoms with Crippen LogP contribution in [-0.4, -0.2) is 37.0 Å². The van der Waals surface area contributed by atoms with Gasteiger partial charge in [0.25, 0.3) is 0 Å². The molecule has 1 aliphatic heterocycles. The Bertz CT molecular complexity index is 570. The summed E-state index contributed by atoms with van der Waals surface area (Å²) in [6.07, 6.45) is 0.678. The number of anilines is 1. The van der Waals surface area contributed by atoms with Crippen molar-refractivity contribution in [1.82, 2.24) is 0 Å². The fourth-order valence-corrected chi connectivity index (χ4v) is 2.40. The predicted octanol–water partition coefficient (Wildman–Crippen LogP) is 2.82. The van der Waals surface area contributed by atoms with E-state index in [0.717, 1.165) is 12.1 Å². The molecule has 5 nitrogen and oxygen atoms in total. The molecule has 0 aromatic heterocycles. The molecular weight excluding hydrogens is 282 g/mol. The second-order valence-corrected chi connectivity index (χ2v) is 5.76. The van der Waals surface area contributed by atoms with E-state index >= 15 is 0 Å². The summed E-state index contributed by atoms with van der Waals surface area (Å²) in [6, 6.07) is 5.31. The first-order chi connectivity index (χ1) is 10.4. The van der Waals surface area contributed by atoms with Gasteiger partial charge < -0.3 is 14.4 Å². The molecule has 2 atom stereocenters. The third kappa shape index (κ3) is 3.78. The number of carbonyl (C=O) groups is 2. The summed E-state index contributed by atoms with van der Waals surface area (Å²) in [4.78, 5) is 25.5. The van der Waals surface area contributed by atoms with Crippen molar-refractivity contribution in [2.45, 2.75) is 46.3 Å². The molecule has 0 amide bonds. The van der Waals surface area contributed by atoms with Gasteiger partial charge in [0, 0.05) is 5.56 Å². The molecule has 2 unspecified atom stereocenters. The highest BCUT2D eigenvalue weighted by atomic mass is 16.5. The Morgan fingerprint density at radius 3 is 2.82 bits per heavy atom. The Morgan fingerprint density at radius 1 is 1.45 bits per heavy atom. The van der Waals surface area contributed by atoms with E-state index in [2.05, 4.69) is 0 Å². The summed E-state index contributed by atoms with van der Waals surface area (Å²) in [5.41, 5.74) is 1.38. The molecule has 5 heteroatoms. The average Bonchev–Trinajstić information content (AvgIpc) is 2.46. The zero-order valence-electron chi connectivity index (χ0n) is 13.6. The van der Waals surface area contributed by atoms with Gasteiger partial charge >= 0.3 is 5.97 Å². The maximum atomic E-state index is 12.0. The fraction of sp³-hybridized carbons (Fsp3) is 0.529. The third-order valence-electron chi connectivity index (χ3n) is 3.74. The van der Waals surface area contributed by atoms with Gasteiger partial charge in [0.05, 0.1) is 18.3 Å². The number of esters is 1. The van der Waals surface area contributed by atoms with E-state index in [1.54, 1.807) is 18.2 Å². The van der Waals surface area contributed by atoms with Crippen molar-refractivity contribution in [1.29, 1.82) is 0 Å². The Morgan fingerprint density at radius 2 is 2.18 bits per heavy atom. The number of benzene rings is 1. The molecule has 0 saturated carbocycles. The molecule has 120 valence electrons. The number of hydrogen-bond acceptors (Lipinski definition) is 5. The molecule has 0 N–H and O–H groups in total. The third-order valence-corrected chi connectivity index (χ3v) is 3.74. The van der Waals surface area contributed by atoms with Crippen LogP contribution in [0.4, 0.5) is 5.69 Å². The summed E-state index contributed by atoms with van der Waals surface area (Å²) in [6.45, 7) is 8.07. The normalized spacial score (nSPS) is 18.2. The van der Waals surface area contributed by atoms with Crippen LogP contribution >= 0.6 is 0 Å². The largest absolute Gasteiger partial charge is 0.487 e. The van der Waals surface area contributed by atoms with Crippen molar-refractivity contribution < 1.29 is 19.1 Å². The fourth-order valence-electron chi connectivity index (χ4n) is 2.40. The molecule has 22 heavy (non-hydrogen) atoms. The van der Waals surface area contributed by atoms with Gasteiger partial charge in [-0.2, -0.15) is 0 Å². The standard InChI is InChI=1S/C17H23NO4/c1-5-11(2)22-17(20)10-18-9-12(3)21-16-7-6-14(13(4)19)8-15(16)18/h6-8,11-12H,5,9-10H2,1-4H3. The van der Waals surface area contributed by atoms with Crippen LogP contribution in [0.1, 0.15) is 44.5 Å². The van der Waals surface area contributed by atoms with Crippen LogP contribution in [0.15, 0.2) is 18.2 Å². The molecule has 0 saturated heterocycles. The van der Waals surface area contributed by atoms with Crippen molar-refractivity contribution >= 4 is 17.4 Å². The molecule has 0 fully saturated rings. The number of hydrogen-bond donors (Lipinski definition) is 0. The van der Waals surface area contributed by atoms with Crippen molar-refractivity contribution in [2.24, 2.45) is 0 Å². The molecule has 0 bridgehead atoms. The van der Waals surface area contributed by atoms with Gasteiger partial charge in [-0.1, -0.05) is 6.92 Å². The molecule has 1 aromatic rings. The highest BCUT2D eigenvalue weighted by molar-refractivity contribution is 5.95. The minimum Gasteiger partial charge on any atom is -0.487 e. The highest BCUT2D eigenvalue weighted by Gasteiger charge is 2.26. The summed E-state index contributed by atoms with van der Waals surface area (Å²) in [5.74, 6) is 0.422. The number of rotatable bonds is 5. The zero-order valence-corrected chi connectivity index (χ0v) is 13.6. The second kappa shape index (κ2) is 6.81. The lowest BCUT2D eigenvalue weighted by molar-refractivity contribution is -0.146. The lowest BCUT2D eigenvalue weighted by Crippen LogP contribution is -2.42. The summed E-state index contributed by atoms with van der Waals surface area (Å²) < 4.78 is 11.1. The summed E-state index contributed by atoms with van der Waals surface area (Å²) >= 11 is 0. The van der Waals surface area contributed by atoms with Gasteiger partial charge in [-0.3, -0.25) is 9.59 Å². The van der Waals surface area contributed by atoms with Crippen molar-refractivity contribution in [3.8, 4) is 5.75 Å². The first kappa shape index (κ1) is 16.3. The minimum absolute atomic E-state index is 0.0106. The van der Waals surface area contributed by atoms with Crippen LogP contribution in [0.2, 0.25) is 0 Å². The molecule has 1 aromatic carbocycles. The average molecular weight is 305 g/mol. The molecule has 1 heterocycles. The van der Waals surface area contributed by atoms with E-state index in [9.17, 15) is 9.59 Å². The highest BCUT2D eigenvalue weighted by Crippen LogP contribution is 2.34. The van der Waals surface area contributed by atoms with Crippen LogP contribution < -0.4 is 9.64 Å². The van der Waals surface area contributed by atoms with E-state index in [4.69, 9.17) is 9.47 Å². The number of ether oxygens (including phenoxy) is 2. The molecule has 1 aliphatic rings. The predicted molar refractivity (Wildman–Crippen MR) is 84.6 cm³/mol. The number of nitrogens with zero attached hydrogens (tertiary/aromatic N) is 1. The number of fused-ring (bicyclic) bond motifs is 1. The van der Waals surface area contributed by atoms with E-state index in [1.807, 2.05) is 25.7 Å². The smallest absolute Gasteiger partial charge is 0.325 e. The van der Waals surface area contributed by atoms with Crippen molar-refractivity contribution in [3.63, 3.8) is 0 Å². The Balaban J connectivity index is 2.20. The minimum atomic E-state index is -0.261. The van der Waals surface area contributed by atoms with Crippen LogP contribution in [0, 0.1) is 0 Å². The Hall–Kier alpha value is -2.04. The second-order valence-electron chi connectivity index (χ2n) is 5.76. The van der Waals surface area contributed by atoms with Crippen molar-refractivity contribution in [2.75, 3.05) is 18.0 Å². The molecule has 0 radical (unpaired) electrons. The van der Waals surface area contributed by atoms with E-state index < -0.39 is 0 Å². The maximum Gasteiger partial charge on any atom is 0.325 e. The maximum absolute atomic E-state index is 12.0. The number of ketones is 1. The van der Waals surface area contributed by atoms with E-state index in [-0.39, 0.29) is 30.5 Å². The topological polar surface area (TPSA) is 55.8 Å². The van der Waals surface area contributed by atoms with Gasteiger partial charge in [0.2, 0.25) is 0 Å². The lowest BCUT2D eigenvalue weighted by Gasteiger charge is -2.34. The molecular formula is C17H23NO4. The SMILES string of the molecule is CCC(C)OC(=O)CN1CC(C)Oc2ccc(C(C)=O)cc21. The van der Waals surface area contributed by atoms with Gasteiger partial charge in [0.15, 0.2) is 5.78 Å². The van der Waals surface area contributed by atoms with Crippen molar-refractivity contribution in [3.05, 3.63) is 23.8 Å². The summed E-state index contributed by atoms with van der Waals surface area (Å²) in [5, 5.41) is 0.